The number of hydrogen-bond donors (Lipinski definition) is 0. The van der Waals surface area contributed by atoms with E-state index in [1.165, 1.54) is 26.2 Å². The van der Waals surface area contributed by atoms with Crippen LogP contribution in [-0.4, -0.2) is 55.9 Å². The molecule has 1 heterocycles. The van der Waals surface area contributed by atoms with Crippen LogP contribution in [0.5, 0.6) is 0 Å². The molecule has 9 heteroatoms. The van der Waals surface area contributed by atoms with Crippen LogP contribution >= 0.6 is 11.6 Å². The van der Waals surface area contributed by atoms with Gasteiger partial charge in [-0.05, 0) is 29.8 Å². The monoisotopic (exact) mass is 434 g/mol. The summed E-state index contributed by atoms with van der Waals surface area (Å²) >= 11 is 5.94. The van der Waals surface area contributed by atoms with E-state index >= 15 is 0 Å². The van der Waals surface area contributed by atoms with E-state index in [9.17, 15) is 22.8 Å². The highest BCUT2D eigenvalue weighted by Gasteiger charge is 2.48. The van der Waals surface area contributed by atoms with Gasteiger partial charge in [-0.25, -0.2) is 13.2 Å². The molecule has 0 spiro atoms. The maximum absolute atomic E-state index is 13.0. The molecule has 1 unspecified atom stereocenters. The van der Waals surface area contributed by atoms with E-state index in [4.69, 9.17) is 11.6 Å². The lowest BCUT2D eigenvalue weighted by molar-refractivity contribution is -0.148. The Kier molecular flexibility index (Phi) is 5.77. The number of amides is 4. The van der Waals surface area contributed by atoms with E-state index in [1.807, 2.05) is 0 Å². The van der Waals surface area contributed by atoms with Gasteiger partial charge in [-0.3, -0.25) is 19.4 Å². The van der Waals surface area contributed by atoms with Crippen LogP contribution in [0.3, 0.4) is 0 Å². The first-order chi connectivity index (χ1) is 13.6. The fourth-order valence-electron chi connectivity index (χ4n) is 3.34. The summed E-state index contributed by atoms with van der Waals surface area (Å²) in [6.45, 7) is 0. The molecule has 2 aromatic rings. The van der Waals surface area contributed by atoms with Crippen LogP contribution in [0.4, 0.5) is 4.79 Å². The van der Waals surface area contributed by atoms with Crippen molar-refractivity contribution in [2.75, 3.05) is 19.8 Å². The van der Waals surface area contributed by atoms with Crippen LogP contribution in [0.1, 0.15) is 11.5 Å². The molecular formula is C20H19ClN2O5S. The van der Waals surface area contributed by atoms with Gasteiger partial charge in [0.05, 0.1) is 10.6 Å². The predicted molar refractivity (Wildman–Crippen MR) is 107 cm³/mol. The van der Waals surface area contributed by atoms with Crippen molar-refractivity contribution < 1.29 is 22.8 Å². The first-order valence-electron chi connectivity index (χ1n) is 8.76. The van der Waals surface area contributed by atoms with Gasteiger partial charge in [0, 0.05) is 25.0 Å². The third kappa shape index (κ3) is 4.04. The van der Waals surface area contributed by atoms with Gasteiger partial charge in [0.25, 0.3) is 0 Å². The summed E-state index contributed by atoms with van der Waals surface area (Å²) in [4.78, 5) is 39.5. The Morgan fingerprint density at radius 1 is 0.897 bits per heavy atom. The summed E-state index contributed by atoms with van der Waals surface area (Å²) in [6, 6.07) is 13.4. The minimum atomic E-state index is -3.82. The van der Waals surface area contributed by atoms with Gasteiger partial charge in [-0.2, -0.15) is 0 Å². The molecule has 0 aromatic heterocycles. The molecular weight excluding hydrogens is 416 g/mol. The molecule has 3 rings (SSSR count). The number of carbonyl (C=O) groups excluding carboxylic acids is 3. The first-order valence-corrected chi connectivity index (χ1v) is 10.8. The topological polar surface area (TPSA) is 91.8 Å². The van der Waals surface area contributed by atoms with Crippen molar-refractivity contribution in [1.82, 2.24) is 9.80 Å². The predicted octanol–water partition coefficient (Wildman–Crippen LogP) is 2.56. The minimum Gasteiger partial charge on any atom is -0.273 e. The van der Waals surface area contributed by atoms with Crippen molar-refractivity contribution in [2.24, 2.45) is 5.92 Å². The summed E-state index contributed by atoms with van der Waals surface area (Å²) in [6.07, 6.45) is 0. The summed E-state index contributed by atoms with van der Waals surface area (Å²) < 4.78 is 26.0. The number of urea groups is 1. The van der Waals surface area contributed by atoms with Crippen LogP contribution in [0.2, 0.25) is 5.02 Å². The molecule has 0 aliphatic carbocycles. The minimum absolute atomic E-state index is 0.0902. The summed E-state index contributed by atoms with van der Waals surface area (Å²) in [5, 5.41) is 0.434. The Balaban J connectivity index is 2.09. The van der Waals surface area contributed by atoms with Gasteiger partial charge in [-0.1, -0.05) is 41.9 Å². The molecule has 29 heavy (non-hydrogen) atoms. The zero-order chi connectivity index (χ0) is 21.3. The molecule has 4 amide bonds. The molecule has 152 valence electrons. The smallest absolute Gasteiger partial charge is 0.273 e. The zero-order valence-corrected chi connectivity index (χ0v) is 17.4. The van der Waals surface area contributed by atoms with Crippen molar-refractivity contribution in [3.05, 3.63) is 65.2 Å². The Morgan fingerprint density at radius 2 is 1.41 bits per heavy atom. The van der Waals surface area contributed by atoms with Crippen molar-refractivity contribution >= 4 is 39.3 Å². The quantitative estimate of drug-likeness (QED) is 0.674. The Labute approximate surface area is 173 Å². The normalized spacial score (nSPS) is 17.0. The number of sulfone groups is 1. The summed E-state index contributed by atoms with van der Waals surface area (Å²) in [7, 11) is -1.28. The number of halogens is 1. The van der Waals surface area contributed by atoms with E-state index in [-0.39, 0.29) is 4.90 Å². The molecule has 2 aromatic carbocycles. The first kappa shape index (κ1) is 21.0. The molecule has 0 bridgehead atoms. The molecule has 1 fully saturated rings. The number of barbiturate groups is 1. The zero-order valence-electron chi connectivity index (χ0n) is 15.8. The lowest BCUT2D eigenvalue weighted by atomic mass is 9.84. The highest BCUT2D eigenvalue weighted by atomic mass is 35.5. The molecule has 7 nitrogen and oxygen atoms in total. The highest BCUT2D eigenvalue weighted by molar-refractivity contribution is 7.91. The van der Waals surface area contributed by atoms with E-state index in [1.54, 1.807) is 42.5 Å². The summed E-state index contributed by atoms with van der Waals surface area (Å²) in [5.74, 6) is -4.28. The van der Waals surface area contributed by atoms with E-state index in [2.05, 4.69) is 0 Å². The third-order valence-electron chi connectivity index (χ3n) is 4.97. The largest absolute Gasteiger partial charge is 0.332 e. The van der Waals surface area contributed by atoms with Crippen LogP contribution in [-0.2, 0) is 19.4 Å². The van der Waals surface area contributed by atoms with Gasteiger partial charge in [0.2, 0.25) is 11.8 Å². The van der Waals surface area contributed by atoms with Gasteiger partial charge in [-0.15, -0.1) is 0 Å². The third-order valence-corrected chi connectivity index (χ3v) is 7.01. The molecule has 1 aliphatic heterocycles. The van der Waals surface area contributed by atoms with Gasteiger partial charge in [0.15, 0.2) is 9.84 Å². The number of imide groups is 2. The fraction of sp³-hybridized carbons (Fsp3) is 0.250. The standard InChI is InChI=1S/C20H19ClN2O5S/c1-22-18(24)17(19(25)23(2)20(22)26)16(13-8-10-14(21)11-9-13)12-29(27,28)15-6-4-3-5-7-15/h3-11,16-17H,12H2,1-2H3. The van der Waals surface area contributed by atoms with Gasteiger partial charge >= 0.3 is 6.03 Å². The lowest BCUT2D eigenvalue weighted by Crippen LogP contribution is -2.58. The second-order valence-corrected chi connectivity index (χ2v) is 9.28. The number of benzene rings is 2. The van der Waals surface area contributed by atoms with Crippen LogP contribution in [0, 0.1) is 5.92 Å². The maximum atomic E-state index is 13.0. The van der Waals surface area contributed by atoms with E-state index < -0.39 is 45.3 Å². The Bertz CT molecular complexity index is 1030. The maximum Gasteiger partial charge on any atom is 0.332 e. The lowest BCUT2D eigenvalue weighted by Gasteiger charge is -2.36. The van der Waals surface area contributed by atoms with Crippen molar-refractivity contribution in [3.8, 4) is 0 Å². The Hall–Kier alpha value is -2.71. The summed E-state index contributed by atoms with van der Waals surface area (Å²) in [5.41, 5.74) is 0.469. The van der Waals surface area contributed by atoms with Gasteiger partial charge in [0.1, 0.15) is 5.92 Å². The van der Waals surface area contributed by atoms with Crippen molar-refractivity contribution in [2.45, 2.75) is 10.8 Å². The highest BCUT2D eigenvalue weighted by Crippen LogP contribution is 2.34. The van der Waals surface area contributed by atoms with Crippen LogP contribution < -0.4 is 0 Å². The molecule has 0 radical (unpaired) electrons. The SMILES string of the molecule is CN1C(=O)C(C(CS(=O)(=O)c2ccccc2)c2ccc(Cl)cc2)C(=O)N(C)C1=O. The van der Waals surface area contributed by atoms with Crippen molar-refractivity contribution in [3.63, 3.8) is 0 Å². The second-order valence-electron chi connectivity index (χ2n) is 6.81. The Morgan fingerprint density at radius 3 is 1.93 bits per heavy atom. The number of hydrogen-bond acceptors (Lipinski definition) is 5. The van der Waals surface area contributed by atoms with Crippen LogP contribution in [0.15, 0.2) is 59.5 Å². The van der Waals surface area contributed by atoms with E-state index in [0.29, 0.717) is 10.6 Å². The molecule has 1 saturated heterocycles. The van der Waals surface area contributed by atoms with Gasteiger partial charge < -0.3 is 0 Å². The second kappa shape index (κ2) is 7.96. The average molecular weight is 435 g/mol. The molecule has 1 atom stereocenters. The number of carbonyl (C=O) groups is 3. The van der Waals surface area contributed by atoms with Crippen LogP contribution in [0.25, 0.3) is 0 Å². The molecule has 1 aliphatic rings. The molecule has 0 N–H and O–H groups in total. The van der Waals surface area contributed by atoms with Crippen molar-refractivity contribution in [1.29, 1.82) is 0 Å². The number of nitrogens with zero attached hydrogens (tertiary/aromatic N) is 2. The van der Waals surface area contributed by atoms with E-state index in [0.717, 1.165) is 9.80 Å². The fourth-order valence-corrected chi connectivity index (χ4v) is 5.08. The number of rotatable bonds is 5. The molecule has 0 saturated carbocycles. The average Bonchev–Trinajstić information content (AvgIpc) is 2.71.